The summed E-state index contributed by atoms with van der Waals surface area (Å²) < 4.78 is 32.1. The summed E-state index contributed by atoms with van der Waals surface area (Å²) in [5.41, 5.74) is 0.0158. The molecule has 2 aliphatic rings. The average Bonchev–Trinajstić information content (AvgIpc) is 3.22. The number of carbonyl (C=O) groups is 2. The van der Waals surface area contributed by atoms with E-state index in [-0.39, 0.29) is 35.9 Å². The zero-order valence-corrected chi connectivity index (χ0v) is 17.1. The van der Waals surface area contributed by atoms with Crippen molar-refractivity contribution in [3.63, 3.8) is 0 Å². The number of hydrogen-bond acceptors (Lipinski definition) is 6. The Hall–Kier alpha value is -2.85. The summed E-state index contributed by atoms with van der Waals surface area (Å²) in [7, 11) is 0. The van der Waals surface area contributed by atoms with Gasteiger partial charge < -0.3 is 9.64 Å². The van der Waals surface area contributed by atoms with Crippen LogP contribution in [0.15, 0.2) is 12.4 Å². The van der Waals surface area contributed by atoms with Crippen molar-refractivity contribution in [2.75, 3.05) is 24.5 Å². The molecule has 2 saturated heterocycles. The van der Waals surface area contributed by atoms with Gasteiger partial charge in [-0.15, -0.1) is 0 Å². The number of carbonyl (C=O) groups excluding carboxylic acids is 2. The van der Waals surface area contributed by atoms with Gasteiger partial charge in [0.1, 0.15) is 17.7 Å². The Balaban J connectivity index is 1.52. The van der Waals surface area contributed by atoms with Crippen molar-refractivity contribution in [3.05, 3.63) is 12.4 Å². The summed E-state index contributed by atoms with van der Waals surface area (Å²) in [6, 6.07) is 0. The number of rotatable bonds is 3. The van der Waals surface area contributed by atoms with Gasteiger partial charge >= 0.3 is 6.09 Å². The molecule has 2 aromatic rings. The SMILES string of the molecule is CC(C)(C)OC(=O)N1CC2CC(=O)N(c3cnc4cnn(CC(F)F)c4n3)CC2C1. The van der Waals surface area contributed by atoms with E-state index in [0.29, 0.717) is 31.0 Å². The Labute approximate surface area is 172 Å². The van der Waals surface area contributed by atoms with Crippen LogP contribution in [-0.4, -0.2) is 68.3 Å². The van der Waals surface area contributed by atoms with E-state index in [1.807, 2.05) is 20.8 Å². The highest BCUT2D eigenvalue weighted by Crippen LogP contribution is 2.34. The maximum absolute atomic E-state index is 12.8. The van der Waals surface area contributed by atoms with Crippen LogP contribution in [0, 0.1) is 11.8 Å². The largest absolute Gasteiger partial charge is 0.444 e. The summed E-state index contributed by atoms with van der Waals surface area (Å²) in [6.45, 7) is 6.19. The van der Waals surface area contributed by atoms with E-state index in [0.717, 1.165) is 4.68 Å². The van der Waals surface area contributed by atoms with Crippen molar-refractivity contribution >= 4 is 29.0 Å². The highest BCUT2D eigenvalue weighted by Gasteiger charge is 2.43. The molecule has 4 rings (SSSR count). The quantitative estimate of drug-likeness (QED) is 0.754. The molecular weight excluding hydrogens is 398 g/mol. The van der Waals surface area contributed by atoms with Crippen molar-refractivity contribution in [3.8, 4) is 0 Å². The van der Waals surface area contributed by atoms with Gasteiger partial charge in [-0.1, -0.05) is 0 Å². The monoisotopic (exact) mass is 422 g/mol. The van der Waals surface area contributed by atoms with E-state index in [2.05, 4.69) is 15.1 Å². The van der Waals surface area contributed by atoms with Crippen LogP contribution in [0.1, 0.15) is 27.2 Å². The number of aromatic nitrogens is 4. The Bertz CT molecular complexity index is 973. The molecule has 2 unspecified atom stereocenters. The van der Waals surface area contributed by atoms with Crippen LogP contribution in [0.5, 0.6) is 0 Å². The number of amides is 2. The van der Waals surface area contributed by atoms with E-state index in [1.54, 1.807) is 4.90 Å². The first-order valence-electron chi connectivity index (χ1n) is 9.85. The molecule has 0 N–H and O–H groups in total. The number of ether oxygens (including phenoxy) is 1. The maximum Gasteiger partial charge on any atom is 0.410 e. The fraction of sp³-hybridized carbons (Fsp3) is 0.632. The maximum atomic E-state index is 12.8. The van der Waals surface area contributed by atoms with Crippen LogP contribution in [0.25, 0.3) is 11.2 Å². The van der Waals surface area contributed by atoms with Gasteiger partial charge in [0, 0.05) is 26.1 Å². The minimum Gasteiger partial charge on any atom is -0.444 e. The third kappa shape index (κ3) is 4.05. The van der Waals surface area contributed by atoms with Crippen LogP contribution < -0.4 is 4.90 Å². The molecule has 0 radical (unpaired) electrons. The molecule has 0 saturated carbocycles. The molecule has 30 heavy (non-hydrogen) atoms. The molecule has 0 aliphatic carbocycles. The first-order valence-corrected chi connectivity index (χ1v) is 9.85. The Kier molecular flexibility index (Phi) is 5.07. The standard InChI is InChI=1S/C19H24F2N6O3/c1-19(2,3)30-18(29)25-7-11-4-16(28)26(9-12(11)8-25)15-6-22-13-5-23-27(10-14(20)21)17(13)24-15/h5-6,11-12,14H,4,7-10H2,1-3H3. The average molecular weight is 422 g/mol. The van der Waals surface area contributed by atoms with Gasteiger partial charge in [0.15, 0.2) is 11.5 Å². The van der Waals surface area contributed by atoms with Crippen LogP contribution in [0.2, 0.25) is 0 Å². The number of fused-ring (bicyclic) bond motifs is 2. The highest BCUT2D eigenvalue weighted by atomic mass is 19.3. The minimum absolute atomic E-state index is 0.0577. The zero-order chi connectivity index (χ0) is 21.6. The third-order valence-electron chi connectivity index (χ3n) is 5.30. The molecule has 0 bridgehead atoms. The number of nitrogens with zero attached hydrogens (tertiary/aromatic N) is 6. The fourth-order valence-electron chi connectivity index (χ4n) is 3.98. The fourth-order valence-corrected chi connectivity index (χ4v) is 3.98. The van der Waals surface area contributed by atoms with Crippen molar-refractivity contribution < 1.29 is 23.1 Å². The predicted octanol–water partition coefficient (Wildman–Crippen LogP) is 2.31. The second-order valence-electron chi connectivity index (χ2n) is 8.77. The molecule has 2 amide bonds. The van der Waals surface area contributed by atoms with Crippen LogP contribution >= 0.6 is 0 Å². The zero-order valence-electron chi connectivity index (χ0n) is 17.1. The molecule has 0 aromatic carbocycles. The van der Waals surface area contributed by atoms with Crippen LogP contribution in [-0.2, 0) is 16.1 Å². The molecule has 4 heterocycles. The first-order chi connectivity index (χ1) is 14.1. The Morgan fingerprint density at radius 3 is 2.67 bits per heavy atom. The summed E-state index contributed by atoms with van der Waals surface area (Å²) in [4.78, 5) is 36.9. The van der Waals surface area contributed by atoms with Gasteiger partial charge in [0.05, 0.1) is 12.4 Å². The number of piperidine rings is 1. The van der Waals surface area contributed by atoms with Gasteiger partial charge in [-0.3, -0.25) is 9.69 Å². The Morgan fingerprint density at radius 2 is 1.97 bits per heavy atom. The van der Waals surface area contributed by atoms with Crippen LogP contribution in [0.4, 0.5) is 19.4 Å². The minimum atomic E-state index is -2.58. The van der Waals surface area contributed by atoms with Gasteiger partial charge in [-0.05, 0) is 32.6 Å². The normalized spacial score (nSPS) is 22.1. The van der Waals surface area contributed by atoms with E-state index < -0.39 is 18.6 Å². The summed E-state index contributed by atoms with van der Waals surface area (Å²) in [6.07, 6.45) is 0.148. The second-order valence-corrected chi connectivity index (χ2v) is 8.77. The smallest absolute Gasteiger partial charge is 0.410 e. The first kappa shape index (κ1) is 20.4. The van der Waals surface area contributed by atoms with Crippen molar-refractivity contribution in [1.29, 1.82) is 0 Å². The Morgan fingerprint density at radius 1 is 1.23 bits per heavy atom. The molecule has 0 spiro atoms. The third-order valence-corrected chi connectivity index (χ3v) is 5.30. The lowest BCUT2D eigenvalue weighted by atomic mass is 9.88. The van der Waals surface area contributed by atoms with Gasteiger partial charge in [-0.25, -0.2) is 28.2 Å². The molecule has 2 aromatic heterocycles. The molecule has 2 atom stereocenters. The second kappa shape index (κ2) is 7.44. The number of alkyl halides is 2. The van der Waals surface area contributed by atoms with E-state index in [1.165, 1.54) is 17.3 Å². The topological polar surface area (TPSA) is 93.5 Å². The summed E-state index contributed by atoms with van der Waals surface area (Å²) in [5, 5.41) is 3.90. The highest BCUT2D eigenvalue weighted by molar-refractivity contribution is 5.94. The molecule has 2 aliphatic heterocycles. The molecular formula is C19H24F2N6O3. The van der Waals surface area contributed by atoms with E-state index in [9.17, 15) is 18.4 Å². The molecule has 11 heteroatoms. The molecule has 162 valence electrons. The number of anilines is 1. The van der Waals surface area contributed by atoms with Crippen LogP contribution in [0.3, 0.4) is 0 Å². The summed E-state index contributed by atoms with van der Waals surface area (Å²) >= 11 is 0. The van der Waals surface area contributed by atoms with Crippen molar-refractivity contribution in [2.24, 2.45) is 11.8 Å². The molecule has 9 nitrogen and oxygen atoms in total. The molecule has 2 fully saturated rings. The lowest BCUT2D eigenvalue weighted by Gasteiger charge is -2.32. The van der Waals surface area contributed by atoms with E-state index >= 15 is 0 Å². The van der Waals surface area contributed by atoms with Crippen molar-refractivity contribution in [1.82, 2.24) is 24.6 Å². The number of halogens is 2. The lowest BCUT2D eigenvalue weighted by molar-refractivity contribution is -0.121. The van der Waals surface area contributed by atoms with Gasteiger partial charge in [-0.2, -0.15) is 5.10 Å². The predicted molar refractivity (Wildman–Crippen MR) is 103 cm³/mol. The van der Waals surface area contributed by atoms with E-state index in [4.69, 9.17) is 4.74 Å². The van der Waals surface area contributed by atoms with Gasteiger partial charge in [0.25, 0.3) is 6.43 Å². The van der Waals surface area contributed by atoms with Gasteiger partial charge in [0.2, 0.25) is 5.91 Å². The summed E-state index contributed by atoms with van der Waals surface area (Å²) in [5.74, 6) is 0.314. The lowest BCUT2D eigenvalue weighted by Crippen LogP contribution is -2.44. The van der Waals surface area contributed by atoms with Crippen molar-refractivity contribution in [2.45, 2.75) is 45.8 Å². The number of likely N-dealkylation sites (tertiary alicyclic amines) is 1. The number of hydrogen-bond donors (Lipinski definition) is 0.